The molecular weight excluding hydrogens is 306 g/mol. The second-order valence-corrected chi connectivity index (χ2v) is 7.59. The molecule has 132 valence electrons. The summed E-state index contributed by atoms with van der Waals surface area (Å²) in [5.74, 6) is -0.683. The third-order valence-corrected chi connectivity index (χ3v) is 4.53. The van der Waals surface area contributed by atoms with Crippen molar-refractivity contribution in [3.63, 3.8) is 0 Å². The molecule has 5 nitrogen and oxygen atoms in total. The third kappa shape index (κ3) is 4.73. The van der Waals surface area contributed by atoms with Gasteiger partial charge in [0.25, 0.3) is 5.91 Å². The number of ether oxygens (including phenoxy) is 1. The Kier molecular flexibility index (Phi) is 5.52. The molecule has 1 amide bonds. The highest BCUT2D eigenvalue weighted by Crippen LogP contribution is 2.26. The zero-order valence-electron chi connectivity index (χ0n) is 14.8. The van der Waals surface area contributed by atoms with Crippen LogP contribution in [0.4, 0.5) is 0 Å². The molecule has 1 aromatic carbocycles. The number of rotatable bonds is 5. The maximum Gasteiger partial charge on any atom is 0.306 e. The average Bonchev–Trinajstić information content (AvgIpc) is 2.95. The van der Waals surface area contributed by atoms with Gasteiger partial charge in [0.2, 0.25) is 0 Å². The number of aliphatic carboxylic acids is 1. The second-order valence-electron chi connectivity index (χ2n) is 7.59. The predicted octanol–water partition coefficient (Wildman–Crippen LogP) is 3.12. The first kappa shape index (κ1) is 18.3. The van der Waals surface area contributed by atoms with Crippen molar-refractivity contribution in [2.45, 2.75) is 64.5 Å². The van der Waals surface area contributed by atoms with Crippen LogP contribution in [0.25, 0.3) is 0 Å². The van der Waals surface area contributed by atoms with E-state index in [0.29, 0.717) is 25.0 Å². The summed E-state index contributed by atoms with van der Waals surface area (Å²) in [5, 5.41) is 11.9. The van der Waals surface area contributed by atoms with Crippen molar-refractivity contribution in [3.05, 3.63) is 29.8 Å². The lowest BCUT2D eigenvalue weighted by molar-refractivity contribution is -0.141. The molecule has 0 aromatic heterocycles. The van der Waals surface area contributed by atoms with Crippen molar-refractivity contribution in [1.82, 2.24) is 5.32 Å². The van der Waals surface area contributed by atoms with Crippen LogP contribution >= 0.6 is 0 Å². The van der Waals surface area contributed by atoms with Crippen LogP contribution in [-0.2, 0) is 15.0 Å². The van der Waals surface area contributed by atoms with Crippen molar-refractivity contribution < 1.29 is 19.4 Å². The van der Waals surface area contributed by atoms with Gasteiger partial charge in [-0.2, -0.15) is 0 Å². The van der Waals surface area contributed by atoms with Crippen LogP contribution < -0.4 is 10.1 Å². The standard InChI is InChI=1S/C19H27NO4/c1-12(17(21)20-15-8-5-13(11-15)18(22)23)24-16-9-6-14(7-10-16)19(2,3)4/h6-7,9-10,12-13,15H,5,8,11H2,1-4H3,(H,20,21)(H,22,23)/t12?,13-,15+/m0/s1. The average molecular weight is 333 g/mol. The molecule has 0 bridgehead atoms. The highest BCUT2D eigenvalue weighted by Gasteiger charge is 2.31. The molecule has 1 aliphatic carbocycles. The van der Waals surface area contributed by atoms with Crippen LogP contribution in [-0.4, -0.2) is 29.1 Å². The molecule has 0 aliphatic heterocycles. The Bertz CT molecular complexity index is 588. The molecule has 1 aromatic rings. The van der Waals surface area contributed by atoms with Crippen LogP contribution in [0.2, 0.25) is 0 Å². The molecule has 0 radical (unpaired) electrons. The van der Waals surface area contributed by atoms with Crippen LogP contribution in [0.3, 0.4) is 0 Å². The maximum atomic E-state index is 12.2. The summed E-state index contributed by atoms with van der Waals surface area (Å²) >= 11 is 0. The quantitative estimate of drug-likeness (QED) is 0.868. The molecular formula is C19H27NO4. The number of carbonyl (C=O) groups is 2. The minimum absolute atomic E-state index is 0.0741. The van der Waals surface area contributed by atoms with E-state index in [9.17, 15) is 9.59 Å². The number of nitrogens with one attached hydrogen (secondary N) is 1. The summed E-state index contributed by atoms with van der Waals surface area (Å²) in [6.45, 7) is 8.14. The fraction of sp³-hybridized carbons (Fsp3) is 0.579. The molecule has 0 spiro atoms. The molecule has 1 fully saturated rings. The molecule has 5 heteroatoms. The molecule has 0 saturated heterocycles. The van der Waals surface area contributed by atoms with Crippen LogP contribution in [0.1, 0.15) is 52.5 Å². The van der Waals surface area contributed by atoms with E-state index in [1.54, 1.807) is 6.92 Å². The smallest absolute Gasteiger partial charge is 0.306 e. The van der Waals surface area contributed by atoms with Crippen LogP contribution in [0.15, 0.2) is 24.3 Å². The molecule has 2 N–H and O–H groups in total. The number of hydrogen-bond acceptors (Lipinski definition) is 3. The Hall–Kier alpha value is -2.04. The minimum Gasteiger partial charge on any atom is -0.481 e. The number of benzene rings is 1. The topological polar surface area (TPSA) is 75.6 Å². The van der Waals surface area contributed by atoms with Crippen molar-refractivity contribution >= 4 is 11.9 Å². The van der Waals surface area contributed by atoms with Gasteiger partial charge in [-0.1, -0.05) is 32.9 Å². The van der Waals surface area contributed by atoms with E-state index in [1.807, 2.05) is 24.3 Å². The van der Waals surface area contributed by atoms with Gasteiger partial charge in [-0.25, -0.2) is 0 Å². The van der Waals surface area contributed by atoms with Gasteiger partial charge in [-0.15, -0.1) is 0 Å². The van der Waals surface area contributed by atoms with E-state index >= 15 is 0 Å². The van der Waals surface area contributed by atoms with Gasteiger partial charge in [0, 0.05) is 6.04 Å². The van der Waals surface area contributed by atoms with Gasteiger partial charge in [-0.3, -0.25) is 9.59 Å². The van der Waals surface area contributed by atoms with Gasteiger partial charge >= 0.3 is 5.97 Å². The first-order chi connectivity index (χ1) is 11.2. The van der Waals surface area contributed by atoms with Crippen LogP contribution in [0, 0.1) is 5.92 Å². The van der Waals surface area contributed by atoms with E-state index in [0.717, 1.165) is 0 Å². The Morgan fingerprint density at radius 2 is 1.83 bits per heavy atom. The van der Waals surface area contributed by atoms with Crippen molar-refractivity contribution in [3.8, 4) is 5.75 Å². The largest absolute Gasteiger partial charge is 0.481 e. The number of carboxylic acids is 1. The lowest BCUT2D eigenvalue weighted by atomic mass is 9.87. The molecule has 1 unspecified atom stereocenters. The third-order valence-electron chi connectivity index (χ3n) is 4.53. The van der Waals surface area contributed by atoms with Crippen molar-refractivity contribution in [1.29, 1.82) is 0 Å². The normalized spacial score (nSPS) is 22.0. The van der Waals surface area contributed by atoms with Gasteiger partial charge in [-0.05, 0) is 49.3 Å². The van der Waals surface area contributed by atoms with Crippen molar-refractivity contribution in [2.24, 2.45) is 5.92 Å². The predicted molar refractivity (Wildman–Crippen MR) is 92.1 cm³/mol. The zero-order chi connectivity index (χ0) is 17.9. The lowest BCUT2D eigenvalue weighted by Crippen LogP contribution is -2.41. The number of amides is 1. The van der Waals surface area contributed by atoms with Crippen LogP contribution in [0.5, 0.6) is 5.75 Å². The van der Waals surface area contributed by atoms with E-state index in [-0.39, 0.29) is 23.3 Å². The summed E-state index contributed by atoms with van der Waals surface area (Å²) in [4.78, 5) is 23.2. The number of hydrogen-bond donors (Lipinski definition) is 2. The summed E-state index contributed by atoms with van der Waals surface area (Å²) in [6, 6.07) is 7.69. The van der Waals surface area contributed by atoms with E-state index in [2.05, 4.69) is 26.1 Å². The maximum absolute atomic E-state index is 12.2. The molecule has 3 atom stereocenters. The van der Waals surface area contributed by atoms with E-state index < -0.39 is 12.1 Å². The first-order valence-electron chi connectivity index (χ1n) is 8.47. The highest BCUT2D eigenvalue weighted by molar-refractivity contribution is 5.81. The fourth-order valence-corrected chi connectivity index (χ4v) is 2.95. The SMILES string of the molecule is CC(Oc1ccc(C(C)(C)C)cc1)C(=O)N[C@@H]1CC[C@H](C(=O)O)C1. The fourth-order valence-electron chi connectivity index (χ4n) is 2.95. The summed E-state index contributed by atoms with van der Waals surface area (Å²) in [5.41, 5.74) is 1.28. The second kappa shape index (κ2) is 7.24. The Morgan fingerprint density at radius 3 is 2.33 bits per heavy atom. The molecule has 1 aliphatic rings. The lowest BCUT2D eigenvalue weighted by Gasteiger charge is -2.21. The minimum atomic E-state index is -0.782. The Balaban J connectivity index is 1.87. The highest BCUT2D eigenvalue weighted by atomic mass is 16.5. The van der Waals surface area contributed by atoms with Gasteiger partial charge in [0.05, 0.1) is 5.92 Å². The number of carbonyl (C=O) groups excluding carboxylic acids is 1. The zero-order valence-corrected chi connectivity index (χ0v) is 14.8. The first-order valence-corrected chi connectivity index (χ1v) is 8.47. The van der Waals surface area contributed by atoms with Gasteiger partial charge < -0.3 is 15.2 Å². The molecule has 24 heavy (non-hydrogen) atoms. The summed E-state index contributed by atoms with van der Waals surface area (Å²) in [6.07, 6.45) is 1.20. The molecule has 0 heterocycles. The molecule has 2 rings (SSSR count). The van der Waals surface area contributed by atoms with Crippen molar-refractivity contribution in [2.75, 3.05) is 0 Å². The van der Waals surface area contributed by atoms with E-state index in [1.165, 1.54) is 5.56 Å². The molecule has 1 saturated carbocycles. The van der Waals surface area contributed by atoms with Gasteiger partial charge in [0.15, 0.2) is 6.10 Å². The monoisotopic (exact) mass is 333 g/mol. The van der Waals surface area contributed by atoms with E-state index in [4.69, 9.17) is 9.84 Å². The summed E-state index contributed by atoms with van der Waals surface area (Å²) in [7, 11) is 0. The number of carboxylic acid groups (broad SMARTS) is 1. The Morgan fingerprint density at radius 1 is 1.21 bits per heavy atom. The summed E-state index contributed by atoms with van der Waals surface area (Å²) < 4.78 is 5.70. The van der Waals surface area contributed by atoms with Gasteiger partial charge in [0.1, 0.15) is 5.75 Å². The Labute approximate surface area is 143 Å².